The number of carbonyl (C=O) groups excluding carboxylic acids is 1. The van der Waals surface area contributed by atoms with Crippen molar-refractivity contribution in [3.05, 3.63) is 59.4 Å². The lowest BCUT2D eigenvalue weighted by Gasteiger charge is -2.21. The van der Waals surface area contributed by atoms with Crippen LogP contribution in [0.25, 0.3) is 10.6 Å². The Morgan fingerprint density at radius 3 is 2.46 bits per heavy atom. The number of ether oxygens (including phenoxy) is 1. The second kappa shape index (κ2) is 9.12. The second-order valence-electron chi connectivity index (χ2n) is 6.54. The fourth-order valence-corrected chi connectivity index (χ4v) is 3.44. The molecule has 0 fully saturated rings. The third-order valence-electron chi connectivity index (χ3n) is 3.76. The minimum atomic E-state index is -0.315. The Morgan fingerprint density at radius 1 is 1.14 bits per heavy atom. The Balaban J connectivity index is 1.74. The molecular formula is C20H19ClFN3O2S. The van der Waals surface area contributed by atoms with Crippen molar-refractivity contribution in [2.24, 2.45) is 5.92 Å². The average Bonchev–Trinajstić information content (AvgIpc) is 3.15. The summed E-state index contributed by atoms with van der Waals surface area (Å²) in [7, 11) is 0. The molecule has 0 bridgehead atoms. The summed E-state index contributed by atoms with van der Waals surface area (Å²) in [6.07, 6.45) is 0. The largest absolute Gasteiger partial charge is 0.484 e. The first-order valence-corrected chi connectivity index (χ1v) is 9.90. The molecular weight excluding hydrogens is 401 g/mol. The summed E-state index contributed by atoms with van der Waals surface area (Å²) in [6.45, 7) is 4.39. The third-order valence-corrected chi connectivity index (χ3v) is 5.01. The van der Waals surface area contributed by atoms with Crippen molar-refractivity contribution < 1.29 is 13.9 Å². The highest BCUT2D eigenvalue weighted by Crippen LogP contribution is 2.29. The van der Waals surface area contributed by atoms with Crippen LogP contribution in [0.4, 0.5) is 9.52 Å². The minimum Gasteiger partial charge on any atom is -0.484 e. The number of anilines is 1. The predicted octanol–water partition coefficient (Wildman–Crippen LogP) is 5.07. The number of nitrogens with zero attached hydrogens (tertiary/aromatic N) is 3. The van der Waals surface area contributed by atoms with E-state index < -0.39 is 0 Å². The van der Waals surface area contributed by atoms with Gasteiger partial charge in [0.1, 0.15) is 16.6 Å². The topological polar surface area (TPSA) is 55.3 Å². The van der Waals surface area contributed by atoms with Crippen LogP contribution in [-0.2, 0) is 4.79 Å². The average molecular weight is 420 g/mol. The van der Waals surface area contributed by atoms with Crippen LogP contribution in [0.1, 0.15) is 13.8 Å². The highest BCUT2D eigenvalue weighted by atomic mass is 35.5. The van der Waals surface area contributed by atoms with E-state index in [2.05, 4.69) is 10.2 Å². The van der Waals surface area contributed by atoms with E-state index >= 15 is 0 Å². The van der Waals surface area contributed by atoms with Crippen LogP contribution in [-0.4, -0.2) is 29.3 Å². The molecule has 146 valence electrons. The van der Waals surface area contributed by atoms with Crippen molar-refractivity contribution >= 4 is 34.0 Å². The molecule has 0 unspecified atom stereocenters. The summed E-state index contributed by atoms with van der Waals surface area (Å²) in [4.78, 5) is 14.3. The first kappa shape index (κ1) is 20.2. The molecule has 1 aromatic heterocycles. The van der Waals surface area contributed by atoms with E-state index in [1.165, 1.54) is 23.5 Å². The maximum Gasteiger partial charge on any atom is 0.266 e. The quantitative estimate of drug-likeness (QED) is 0.536. The van der Waals surface area contributed by atoms with Gasteiger partial charge in [0, 0.05) is 17.1 Å². The Kier molecular flexibility index (Phi) is 6.59. The Bertz CT molecular complexity index is 929. The molecule has 0 saturated carbocycles. The summed E-state index contributed by atoms with van der Waals surface area (Å²) >= 11 is 7.14. The number of aromatic nitrogens is 2. The van der Waals surface area contributed by atoms with E-state index in [-0.39, 0.29) is 24.2 Å². The smallest absolute Gasteiger partial charge is 0.266 e. The number of hydrogen-bond acceptors (Lipinski definition) is 5. The molecule has 0 aliphatic carbocycles. The summed E-state index contributed by atoms with van der Waals surface area (Å²) in [6, 6.07) is 12.8. The van der Waals surface area contributed by atoms with Gasteiger partial charge in [-0.1, -0.05) is 36.8 Å². The van der Waals surface area contributed by atoms with E-state index in [9.17, 15) is 9.18 Å². The Hall–Kier alpha value is -2.51. The second-order valence-corrected chi connectivity index (χ2v) is 7.93. The Labute approximate surface area is 171 Å². The van der Waals surface area contributed by atoms with Crippen LogP contribution in [0.3, 0.4) is 0 Å². The van der Waals surface area contributed by atoms with E-state index in [0.29, 0.717) is 27.5 Å². The van der Waals surface area contributed by atoms with Crippen LogP contribution in [0.2, 0.25) is 5.02 Å². The maximum atomic E-state index is 13.1. The molecule has 0 atom stereocenters. The molecule has 3 aromatic rings. The SMILES string of the molecule is CC(C)CN(C(=O)COc1ccc(Cl)cc1)c1nnc(-c2ccc(F)cc2)s1. The third kappa shape index (κ3) is 5.27. The lowest BCUT2D eigenvalue weighted by molar-refractivity contribution is -0.120. The summed E-state index contributed by atoms with van der Waals surface area (Å²) in [5.41, 5.74) is 0.750. The maximum absolute atomic E-state index is 13.1. The van der Waals surface area contributed by atoms with Crippen molar-refractivity contribution in [2.45, 2.75) is 13.8 Å². The van der Waals surface area contributed by atoms with Gasteiger partial charge in [-0.15, -0.1) is 10.2 Å². The molecule has 1 heterocycles. The highest BCUT2D eigenvalue weighted by molar-refractivity contribution is 7.18. The molecule has 0 spiro atoms. The molecule has 0 N–H and O–H groups in total. The van der Waals surface area contributed by atoms with Gasteiger partial charge in [0.15, 0.2) is 6.61 Å². The number of rotatable bonds is 7. The van der Waals surface area contributed by atoms with Crippen molar-refractivity contribution in [3.63, 3.8) is 0 Å². The van der Waals surface area contributed by atoms with Gasteiger partial charge < -0.3 is 4.74 Å². The van der Waals surface area contributed by atoms with E-state index in [1.807, 2.05) is 13.8 Å². The summed E-state index contributed by atoms with van der Waals surface area (Å²) in [5, 5.41) is 10.0. The van der Waals surface area contributed by atoms with Crippen molar-refractivity contribution in [3.8, 4) is 16.3 Å². The molecule has 0 radical (unpaired) electrons. The van der Waals surface area contributed by atoms with Gasteiger partial charge in [-0.25, -0.2) is 4.39 Å². The standard InChI is InChI=1S/C20H19ClFN3O2S/c1-13(2)11-25(18(26)12-27-17-9-5-15(21)6-10-17)20-24-23-19(28-20)14-3-7-16(22)8-4-14/h3-10,13H,11-12H2,1-2H3. The van der Waals surface area contributed by atoms with Crippen LogP contribution in [0.15, 0.2) is 48.5 Å². The van der Waals surface area contributed by atoms with E-state index in [1.54, 1.807) is 41.3 Å². The van der Waals surface area contributed by atoms with Crippen LogP contribution < -0.4 is 9.64 Å². The van der Waals surface area contributed by atoms with E-state index in [0.717, 1.165) is 5.56 Å². The van der Waals surface area contributed by atoms with Gasteiger partial charge in [-0.3, -0.25) is 9.69 Å². The van der Waals surface area contributed by atoms with Gasteiger partial charge in [0.2, 0.25) is 5.13 Å². The minimum absolute atomic E-state index is 0.125. The fraction of sp³-hybridized carbons (Fsp3) is 0.250. The van der Waals surface area contributed by atoms with E-state index in [4.69, 9.17) is 16.3 Å². The zero-order valence-electron chi connectivity index (χ0n) is 15.4. The van der Waals surface area contributed by atoms with Crippen molar-refractivity contribution in [1.29, 1.82) is 0 Å². The Morgan fingerprint density at radius 2 is 1.82 bits per heavy atom. The molecule has 1 amide bonds. The zero-order chi connectivity index (χ0) is 20.1. The lowest BCUT2D eigenvalue weighted by atomic mass is 10.2. The van der Waals surface area contributed by atoms with Crippen molar-refractivity contribution in [1.82, 2.24) is 10.2 Å². The molecule has 28 heavy (non-hydrogen) atoms. The molecule has 0 aliphatic heterocycles. The number of carbonyl (C=O) groups is 1. The zero-order valence-corrected chi connectivity index (χ0v) is 17.0. The normalized spacial score (nSPS) is 10.9. The van der Waals surface area contributed by atoms with Crippen LogP contribution >= 0.6 is 22.9 Å². The van der Waals surface area contributed by atoms with Gasteiger partial charge >= 0.3 is 0 Å². The number of halogens is 2. The lowest BCUT2D eigenvalue weighted by Crippen LogP contribution is -2.37. The van der Waals surface area contributed by atoms with Gasteiger partial charge in [-0.2, -0.15) is 0 Å². The summed E-state index contributed by atoms with van der Waals surface area (Å²) < 4.78 is 18.7. The first-order chi connectivity index (χ1) is 13.4. The molecule has 0 aliphatic rings. The van der Waals surface area contributed by atoms with Gasteiger partial charge in [-0.05, 0) is 54.4 Å². The van der Waals surface area contributed by atoms with Gasteiger partial charge in [0.05, 0.1) is 0 Å². The van der Waals surface area contributed by atoms with Crippen LogP contribution in [0, 0.1) is 11.7 Å². The molecule has 5 nitrogen and oxygen atoms in total. The fourth-order valence-electron chi connectivity index (χ4n) is 2.44. The van der Waals surface area contributed by atoms with Crippen molar-refractivity contribution in [2.75, 3.05) is 18.1 Å². The highest BCUT2D eigenvalue weighted by Gasteiger charge is 2.22. The predicted molar refractivity (Wildman–Crippen MR) is 109 cm³/mol. The monoisotopic (exact) mass is 419 g/mol. The number of hydrogen-bond donors (Lipinski definition) is 0. The number of benzene rings is 2. The molecule has 8 heteroatoms. The molecule has 2 aromatic carbocycles. The summed E-state index contributed by atoms with van der Waals surface area (Å²) in [5.74, 6) is 0.263. The molecule has 0 saturated heterocycles. The molecule has 3 rings (SSSR count). The van der Waals surface area contributed by atoms with Gasteiger partial charge in [0.25, 0.3) is 5.91 Å². The first-order valence-electron chi connectivity index (χ1n) is 8.70. The van der Waals surface area contributed by atoms with Crippen LogP contribution in [0.5, 0.6) is 5.75 Å². The number of amides is 1.